The van der Waals surface area contributed by atoms with Gasteiger partial charge in [-0.15, -0.1) is 0 Å². The predicted octanol–water partition coefficient (Wildman–Crippen LogP) is 4.77. The van der Waals surface area contributed by atoms with Gasteiger partial charge in [0.15, 0.2) is 0 Å². The van der Waals surface area contributed by atoms with Gasteiger partial charge in [-0.3, -0.25) is 4.79 Å². The number of nitrogen functional groups attached to an aromatic ring is 1. The lowest BCUT2D eigenvalue weighted by Crippen LogP contribution is -2.41. The van der Waals surface area contributed by atoms with E-state index < -0.39 is 0 Å². The molecule has 5 heteroatoms. The number of anilines is 2. The van der Waals surface area contributed by atoms with Crippen LogP contribution in [0.15, 0.2) is 60.7 Å². The Morgan fingerprint density at radius 1 is 1.09 bits per heavy atom. The van der Waals surface area contributed by atoms with E-state index in [1.54, 1.807) is 5.01 Å². The number of nitrogens with zero attached hydrogens (tertiary/aromatic N) is 2. The van der Waals surface area contributed by atoms with Gasteiger partial charge in [0.1, 0.15) is 0 Å². The minimum atomic E-state index is 0.153. The Morgan fingerprint density at radius 3 is 2.64 bits per heavy atom. The number of carbonyl (C=O) groups is 1. The Kier molecular flexibility index (Phi) is 5.59. The number of hydrazine groups is 1. The summed E-state index contributed by atoms with van der Waals surface area (Å²) in [6.07, 6.45) is 3.85. The van der Waals surface area contributed by atoms with Crippen LogP contribution in [0.1, 0.15) is 64.0 Å². The van der Waals surface area contributed by atoms with Crippen LogP contribution in [0.3, 0.4) is 0 Å². The second kappa shape index (κ2) is 8.56. The van der Waals surface area contributed by atoms with Crippen molar-refractivity contribution in [3.8, 4) is 0 Å². The van der Waals surface area contributed by atoms with Gasteiger partial charge >= 0.3 is 0 Å². The molecule has 2 heterocycles. The van der Waals surface area contributed by atoms with E-state index in [9.17, 15) is 4.79 Å². The van der Waals surface area contributed by atoms with Gasteiger partial charge in [0.2, 0.25) is 0 Å². The van der Waals surface area contributed by atoms with E-state index in [4.69, 9.17) is 11.6 Å². The van der Waals surface area contributed by atoms with Crippen LogP contribution in [0.25, 0.3) is 0 Å². The first-order valence-corrected chi connectivity index (χ1v) is 11.9. The average Bonchev–Trinajstić information content (AvgIpc) is 3.17. The number of amides is 1. The maximum atomic E-state index is 13.3. The number of rotatable bonds is 5. The zero-order valence-corrected chi connectivity index (χ0v) is 19.4. The maximum absolute atomic E-state index is 13.3. The molecule has 5 nitrogen and oxygen atoms in total. The number of carbonyl (C=O) groups excluding carboxylic acids is 1. The van der Waals surface area contributed by atoms with Gasteiger partial charge in [-0.05, 0) is 85.5 Å². The summed E-state index contributed by atoms with van der Waals surface area (Å²) in [6, 6.07) is 21.1. The van der Waals surface area contributed by atoms with E-state index in [1.807, 2.05) is 43.3 Å². The molecule has 33 heavy (non-hydrogen) atoms. The topological polar surface area (TPSA) is 75.6 Å². The van der Waals surface area contributed by atoms with Crippen molar-refractivity contribution in [1.82, 2.24) is 4.90 Å². The number of fused-ring (bicyclic) bond motifs is 4. The number of hydrogen-bond acceptors (Lipinski definition) is 4. The molecular formula is C28H32N4O. The molecule has 0 radical (unpaired) electrons. The Hall–Kier alpha value is -3.31. The van der Waals surface area contributed by atoms with Crippen LogP contribution in [0.4, 0.5) is 11.4 Å². The summed E-state index contributed by atoms with van der Waals surface area (Å²) < 4.78 is 0. The molecule has 2 unspecified atom stereocenters. The van der Waals surface area contributed by atoms with E-state index in [0.29, 0.717) is 12.6 Å². The predicted molar refractivity (Wildman–Crippen MR) is 134 cm³/mol. The third-order valence-corrected chi connectivity index (χ3v) is 7.43. The molecule has 3 aromatic rings. The van der Waals surface area contributed by atoms with Crippen molar-refractivity contribution in [2.24, 2.45) is 5.84 Å². The van der Waals surface area contributed by atoms with Gasteiger partial charge in [-0.2, -0.15) is 0 Å². The highest BCUT2D eigenvalue weighted by Crippen LogP contribution is 2.45. The highest BCUT2D eigenvalue weighted by molar-refractivity contribution is 5.95. The van der Waals surface area contributed by atoms with Crippen molar-refractivity contribution in [3.05, 3.63) is 94.0 Å². The van der Waals surface area contributed by atoms with Crippen molar-refractivity contribution in [1.29, 1.82) is 0 Å². The fourth-order valence-corrected chi connectivity index (χ4v) is 5.52. The molecule has 2 atom stereocenters. The molecule has 0 spiro atoms. The standard InChI is InChI=1S/C28H32N4O/c1-3-31(30)26-13-11-21(18(2)27(26)29)15-19-9-10-22-17-23-12-14-25(24(22)16-19)32(23)28(33)20-7-5-4-6-8-20/h4-11,13,16,23,25H,3,12,14-15,17,29-30H2,1-2H3. The zero-order chi connectivity index (χ0) is 23.1. The van der Waals surface area contributed by atoms with E-state index in [0.717, 1.165) is 48.2 Å². The van der Waals surface area contributed by atoms with Crippen LogP contribution in [0, 0.1) is 6.92 Å². The van der Waals surface area contributed by atoms with Gasteiger partial charge in [-0.25, -0.2) is 5.84 Å². The lowest BCUT2D eigenvalue weighted by molar-refractivity contribution is 0.0646. The van der Waals surface area contributed by atoms with E-state index in [2.05, 4.69) is 36.1 Å². The van der Waals surface area contributed by atoms with Crippen LogP contribution in [-0.2, 0) is 12.8 Å². The molecular weight excluding hydrogens is 408 g/mol. The third kappa shape index (κ3) is 3.76. The quantitative estimate of drug-likeness (QED) is 0.340. The van der Waals surface area contributed by atoms with Crippen molar-refractivity contribution in [2.45, 2.75) is 51.6 Å². The van der Waals surface area contributed by atoms with Crippen LogP contribution >= 0.6 is 0 Å². The molecule has 2 aliphatic heterocycles. The SMILES string of the molecule is CCN(N)c1ccc(Cc2ccc3c(c2)C2CCC(C3)N2C(=O)c2ccccc2)c(C)c1N. The van der Waals surface area contributed by atoms with Crippen LogP contribution in [-0.4, -0.2) is 23.4 Å². The van der Waals surface area contributed by atoms with Crippen LogP contribution in [0.5, 0.6) is 0 Å². The molecule has 3 aromatic carbocycles. The fourth-order valence-electron chi connectivity index (χ4n) is 5.52. The van der Waals surface area contributed by atoms with Crippen molar-refractivity contribution in [2.75, 3.05) is 17.3 Å². The van der Waals surface area contributed by atoms with Gasteiger partial charge < -0.3 is 15.6 Å². The maximum Gasteiger partial charge on any atom is 0.254 e. The highest BCUT2D eigenvalue weighted by atomic mass is 16.2. The Morgan fingerprint density at radius 2 is 1.88 bits per heavy atom. The Bertz CT molecular complexity index is 1190. The summed E-state index contributed by atoms with van der Waals surface area (Å²) in [5, 5.41) is 1.68. The van der Waals surface area contributed by atoms with E-state index in [-0.39, 0.29) is 11.9 Å². The first-order valence-electron chi connectivity index (χ1n) is 11.9. The fraction of sp³-hybridized carbons (Fsp3) is 0.321. The lowest BCUT2D eigenvalue weighted by atomic mass is 9.89. The summed E-state index contributed by atoms with van der Waals surface area (Å²) in [6.45, 7) is 4.78. The van der Waals surface area contributed by atoms with Crippen LogP contribution in [0.2, 0.25) is 0 Å². The molecule has 0 aromatic heterocycles. The molecule has 5 rings (SSSR count). The second-order valence-corrected chi connectivity index (χ2v) is 9.31. The summed E-state index contributed by atoms with van der Waals surface area (Å²) in [7, 11) is 0. The number of benzene rings is 3. The van der Waals surface area contributed by atoms with E-state index in [1.165, 1.54) is 22.3 Å². The van der Waals surface area contributed by atoms with Gasteiger partial charge in [0, 0.05) is 18.2 Å². The van der Waals surface area contributed by atoms with E-state index >= 15 is 0 Å². The molecule has 1 amide bonds. The summed E-state index contributed by atoms with van der Waals surface area (Å²) in [5.74, 6) is 6.23. The molecule has 4 N–H and O–H groups in total. The minimum absolute atomic E-state index is 0.153. The first kappa shape index (κ1) is 21.5. The first-order chi connectivity index (χ1) is 16.0. The van der Waals surface area contributed by atoms with Gasteiger partial charge in [-0.1, -0.05) is 42.5 Å². The monoisotopic (exact) mass is 440 g/mol. The summed E-state index contributed by atoms with van der Waals surface area (Å²) >= 11 is 0. The minimum Gasteiger partial charge on any atom is -0.397 e. The molecule has 0 saturated carbocycles. The molecule has 1 saturated heterocycles. The Balaban J connectivity index is 1.43. The molecule has 1 fully saturated rings. The zero-order valence-electron chi connectivity index (χ0n) is 19.4. The van der Waals surface area contributed by atoms with Crippen molar-refractivity contribution < 1.29 is 4.79 Å². The Labute approximate surface area is 196 Å². The average molecular weight is 441 g/mol. The number of nitrogens with two attached hydrogens (primary N) is 2. The molecule has 2 aliphatic rings. The molecule has 2 bridgehead atoms. The second-order valence-electron chi connectivity index (χ2n) is 9.31. The smallest absolute Gasteiger partial charge is 0.254 e. The largest absolute Gasteiger partial charge is 0.397 e. The lowest BCUT2D eigenvalue weighted by Gasteiger charge is -2.37. The molecule has 0 aliphatic carbocycles. The summed E-state index contributed by atoms with van der Waals surface area (Å²) in [4.78, 5) is 15.5. The van der Waals surface area contributed by atoms with Crippen molar-refractivity contribution in [3.63, 3.8) is 0 Å². The van der Waals surface area contributed by atoms with Gasteiger partial charge in [0.05, 0.1) is 17.4 Å². The highest BCUT2D eigenvalue weighted by Gasteiger charge is 2.42. The third-order valence-electron chi connectivity index (χ3n) is 7.43. The van der Waals surface area contributed by atoms with Crippen molar-refractivity contribution >= 4 is 17.3 Å². The normalized spacial score (nSPS) is 18.8. The molecule has 170 valence electrons. The summed E-state index contributed by atoms with van der Waals surface area (Å²) in [5.41, 5.74) is 15.0. The number of hydrogen-bond donors (Lipinski definition) is 2. The van der Waals surface area contributed by atoms with Gasteiger partial charge in [0.25, 0.3) is 5.91 Å². The van der Waals surface area contributed by atoms with Crippen LogP contribution < -0.4 is 16.6 Å².